The second kappa shape index (κ2) is 7.67. The molecular formula is C18H16BrN3O2S. The molecule has 0 bridgehead atoms. The van der Waals surface area contributed by atoms with Crippen molar-refractivity contribution in [1.82, 2.24) is 4.98 Å². The zero-order valence-corrected chi connectivity index (χ0v) is 16.1. The van der Waals surface area contributed by atoms with E-state index in [0.717, 1.165) is 20.6 Å². The number of aryl methyl sites for hydroxylation is 1. The van der Waals surface area contributed by atoms with Gasteiger partial charge in [-0.2, -0.15) is 5.10 Å². The smallest absolute Gasteiger partial charge is 0.204 e. The average Bonchev–Trinajstić information content (AvgIpc) is 2.99. The molecule has 5 nitrogen and oxygen atoms in total. The van der Waals surface area contributed by atoms with Crippen LogP contribution in [0, 0.1) is 6.92 Å². The van der Waals surface area contributed by atoms with E-state index in [1.54, 1.807) is 12.1 Å². The molecule has 0 unspecified atom stereocenters. The molecule has 1 aromatic heterocycles. The Bertz CT molecular complexity index is 910. The summed E-state index contributed by atoms with van der Waals surface area (Å²) in [5.41, 5.74) is 5.47. The van der Waals surface area contributed by atoms with Crippen molar-refractivity contribution in [3.63, 3.8) is 0 Å². The van der Waals surface area contributed by atoms with Gasteiger partial charge < -0.3 is 9.84 Å². The fourth-order valence-corrected chi connectivity index (χ4v) is 3.55. The summed E-state index contributed by atoms with van der Waals surface area (Å²) in [7, 11) is 1.50. The van der Waals surface area contributed by atoms with Crippen molar-refractivity contribution >= 4 is 38.6 Å². The van der Waals surface area contributed by atoms with E-state index in [9.17, 15) is 5.11 Å². The van der Waals surface area contributed by atoms with Crippen molar-refractivity contribution in [3.8, 4) is 22.8 Å². The summed E-state index contributed by atoms with van der Waals surface area (Å²) in [5.74, 6) is 0.420. The molecule has 0 amide bonds. The van der Waals surface area contributed by atoms with E-state index in [1.807, 2.05) is 37.3 Å². The Morgan fingerprint density at radius 3 is 2.76 bits per heavy atom. The lowest BCUT2D eigenvalue weighted by atomic mass is 10.1. The van der Waals surface area contributed by atoms with Gasteiger partial charge in [0.1, 0.15) is 0 Å². The predicted octanol–water partition coefficient (Wildman–Crippen LogP) is 5.04. The highest BCUT2D eigenvalue weighted by molar-refractivity contribution is 9.10. The Morgan fingerprint density at radius 2 is 2.04 bits per heavy atom. The van der Waals surface area contributed by atoms with E-state index in [4.69, 9.17) is 4.74 Å². The molecule has 0 saturated carbocycles. The number of hydrogen-bond donors (Lipinski definition) is 2. The number of rotatable bonds is 5. The molecule has 25 heavy (non-hydrogen) atoms. The van der Waals surface area contributed by atoms with Gasteiger partial charge in [0.25, 0.3) is 0 Å². The van der Waals surface area contributed by atoms with E-state index >= 15 is 0 Å². The SMILES string of the molecule is COc1cc(Br)cc(/C=N/Nc2nc(-c3ccccc3)c(C)s2)c1O. The number of aromatic hydroxyl groups is 1. The second-order valence-electron chi connectivity index (χ2n) is 5.21. The molecule has 1 heterocycles. The fraction of sp³-hybridized carbons (Fsp3) is 0.111. The second-order valence-corrected chi connectivity index (χ2v) is 7.32. The van der Waals surface area contributed by atoms with Crippen LogP contribution in [0.25, 0.3) is 11.3 Å². The maximum absolute atomic E-state index is 10.1. The molecule has 2 N–H and O–H groups in total. The number of hydrazone groups is 1. The number of benzene rings is 2. The highest BCUT2D eigenvalue weighted by Gasteiger charge is 2.10. The van der Waals surface area contributed by atoms with E-state index in [1.165, 1.54) is 24.7 Å². The van der Waals surface area contributed by atoms with Crippen LogP contribution < -0.4 is 10.2 Å². The quantitative estimate of drug-likeness (QED) is 0.450. The van der Waals surface area contributed by atoms with Gasteiger partial charge in [0.15, 0.2) is 11.5 Å². The number of nitrogens with zero attached hydrogens (tertiary/aromatic N) is 2. The average molecular weight is 418 g/mol. The Kier molecular flexibility index (Phi) is 5.35. The summed E-state index contributed by atoms with van der Waals surface area (Å²) in [6, 6.07) is 13.5. The Labute approximate surface area is 158 Å². The molecular weight excluding hydrogens is 402 g/mol. The number of nitrogens with one attached hydrogen (secondary N) is 1. The predicted molar refractivity (Wildman–Crippen MR) is 106 cm³/mol. The Morgan fingerprint density at radius 1 is 1.28 bits per heavy atom. The fourth-order valence-electron chi connectivity index (χ4n) is 2.31. The van der Waals surface area contributed by atoms with Crippen molar-refractivity contribution in [2.45, 2.75) is 6.92 Å². The number of aromatic nitrogens is 1. The molecule has 0 saturated heterocycles. The van der Waals surface area contributed by atoms with Crippen LogP contribution in [-0.4, -0.2) is 23.4 Å². The standard InChI is InChI=1S/C18H16BrN3O2S/c1-11-16(12-6-4-3-5-7-12)21-18(25-11)22-20-10-13-8-14(19)9-15(24-2)17(13)23/h3-10,23H,1-2H3,(H,21,22)/b20-10+. The Balaban J connectivity index is 1.79. The molecule has 0 spiro atoms. The van der Waals surface area contributed by atoms with Crippen molar-refractivity contribution in [1.29, 1.82) is 0 Å². The van der Waals surface area contributed by atoms with Gasteiger partial charge in [-0.05, 0) is 19.1 Å². The molecule has 2 aromatic carbocycles. The first-order chi connectivity index (χ1) is 12.1. The highest BCUT2D eigenvalue weighted by Crippen LogP contribution is 2.33. The van der Waals surface area contributed by atoms with E-state index < -0.39 is 0 Å². The number of phenols is 1. The topological polar surface area (TPSA) is 66.7 Å². The van der Waals surface area contributed by atoms with Crippen LogP contribution >= 0.6 is 27.3 Å². The lowest BCUT2D eigenvalue weighted by Gasteiger charge is -2.06. The van der Waals surface area contributed by atoms with E-state index in [0.29, 0.717) is 16.4 Å². The van der Waals surface area contributed by atoms with Crippen molar-refractivity contribution in [3.05, 3.63) is 57.4 Å². The maximum atomic E-state index is 10.1. The Hall–Kier alpha value is -2.38. The minimum absolute atomic E-state index is 0.0385. The number of thiazole rings is 1. The molecule has 128 valence electrons. The lowest BCUT2D eigenvalue weighted by Crippen LogP contribution is -1.93. The highest BCUT2D eigenvalue weighted by atomic mass is 79.9. The molecule has 0 atom stereocenters. The van der Waals surface area contributed by atoms with Crippen LogP contribution in [0.5, 0.6) is 11.5 Å². The summed E-state index contributed by atoms with van der Waals surface area (Å²) in [6.07, 6.45) is 1.53. The third kappa shape index (κ3) is 4.00. The van der Waals surface area contributed by atoms with Crippen LogP contribution in [0.4, 0.5) is 5.13 Å². The molecule has 0 radical (unpaired) electrons. The van der Waals surface area contributed by atoms with Crippen LogP contribution in [0.3, 0.4) is 0 Å². The maximum Gasteiger partial charge on any atom is 0.204 e. The van der Waals surface area contributed by atoms with Gasteiger partial charge in [0, 0.05) is 20.5 Å². The number of hydrogen-bond acceptors (Lipinski definition) is 6. The van der Waals surface area contributed by atoms with E-state index in [-0.39, 0.29) is 5.75 Å². The summed E-state index contributed by atoms with van der Waals surface area (Å²) >= 11 is 4.91. The van der Waals surface area contributed by atoms with Gasteiger partial charge in [-0.3, -0.25) is 5.43 Å². The molecule has 3 rings (SSSR count). The molecule has 3 aromatic rings. The summed E-state index contributed by atoms with van der Waals surface area (Å²) < 4.78 is 5.92. The lowest BCUT2D eigenvalue weighted by molar-refractivity contribution is 0.373. The number of anilines is 1. The largest absolute Gasteiger partial charge is 0.504 e. The zero-order valence-electron chi connectivity index (χ0n) is 13.7. The molecule has 0 aliphatic rings. The number of phenolic OH excluding ortho intramolecular Hbond substituents is 1. The van der Waals surface area contributed by atoms with Gasteiger partial charge in [-0.15, -0.1) is 11.3 Å². The molecule has 0 aliphatic heterocycles. The van der Waals surface area contributed by atoms with Gasteiger partial charge in [0.05, 0.1) is 19.0 Å². The van der Waals surface area contributed by atoms with Gasteiger partial charge in [0.2, 0.25) is 5.13 Å². The molecule has 0 fully saturated rings. The summed E-state index contributed by atoms with van der Waals surface area (Å²) in [5, 5.41) is 15.0. The normalized spacial score (nSPS) is 11.0. The third-order valence-corrected chi connectivity index (χ3v) is 4.83. The zero-order chi connectivity index (χ0) is 17.8. The third-order valence-electron chi connectivity index (χ3n) is 3.50. The minimum Gasteiger partial charge on any atom is -0.504 e. The molecule has 0 aliphatic carbocycles. The van der Waals surface area contributed by atoms with Crippen LogP contribution in [0.15, 0.2) is 52.0 Å². The van der Waals surface area contributed by atoms with Gasteiger partial charge in [-0.25, -0.2) is 4.98 Å². The van der Waals surface area contributed by atoms with Crippen LogP contribution in [0.2, 0.25) is 0 Å². The monoisotopic (exact) mass is 417 g/mol. The van der Waals surface area contributed by atoms with Crippen LogP contribution in [0.1, 0.15) is 10.4 Å². The van der Waals surface area contributed by atoms with Crippen molar-refractivity contribution < 1.29 is 9.84 Å². The number of halogens is 1. The summed E-state index contributed by atoms with van der Waals surface area (Å²) in [4.78, 5) is 5.69. The number of methoxy groups -OCH3 is 1. The number of ether oxygens (including phenoxy) is 1. The van der Waals surface area contributed by atoms with Crippen molar-refractivity contribution in [2.75, 3.05) is 12.5 Å². The minimum atomic E-state index is 0.0385. The first kappa shape index (κ1) is 17.4. The first-order valence-corrected chi connectivity index (χ1v) is 9.08. The summed E-state index contributed by atoms with van der Waals surface area (Å²) in [6.45, 7) is 2.03. The van der Waals surface area contributed by atoms with Crippen molar-refractivity contribution in [2.24, 2.45) is 5.10 Å². The van der Waals surface area contributed by atoms with Gasteiger partial charge >= 0.3 is 0 Å². The van der Waals surface area contributed by atoms with Gasteiger partial charge in [-0.1, -0.05) is 46.3 Å². The first-order valence-electron chi connectivity index (χ1n) is 7.47. The van der Waals surface area contributed by atoms with Crippen LogP contribution in [-0.2, 0) is 0 Å². The van der Waals surface area contributed by atoms with E-state index in [2.05, 4.69) is 31.4 Å². The molecule has 7 heteroatoms.